The molecule has 0 radical (unpaired) electrons. The Kier molecular flexibility index (Phi) is 4.39. The topological polar surface area (TPSA) is 105 Å². The standard InChI is InChI=1S/C12H10ClN3O4S/c1-6-11(13)12(21-15-6)14-10(18)5-7-2-3-9(17)8(4-7)16(19)20/h2-4,17H,5H2,1H3,(H,14,18). The summed E-state index contributed by atoms with van der Waals surface area (Å²) in [6.45, 7) is 1.72. The van der Waals surface area contributed by atoms with Crippen molar-refractivity contribution >= 4 is 39.7 Å². The van der Waals surface area contributed by atoms with Gasteiger partial charge in [0.25, 0.3) is 0 Å². The van der Waals surface area contributed by atoms with E-state index in [4.69, 9.17) is 11.6 Å². The summed E-state index contributed by atoms with van der Waals surface area (Å²) in [4.78, 5) is 21.9. The monoisotopic (exact) mass is 327 g/mol. The molecule has 110 valence electrons. The number of nitrogens with zero attached hydrogens (tertiary/aromatic N) is 2. The van der Waals surface area contributed by atoms with Crippen LogP contribution in [0.1, 0.15) is 11.3 Å². The van der Waals surface area contributed by atoms with E-state index in [1.807, 2.05) is 0 Å². The van der Waals surface area contributed by atoms with E-state index in [-0.39, 0.29) is 12.3 Å². The van der Waals surface area contributed by atoms with Crippen molar-refractivity contribution in [2.45, 2.75) is 13.3 Å². The van der Waals surface area contributed by atoms with Crippen molar-refractivity contribution in [3.63, 3.8) is 0 Å². The molecule has 0 bridgehead atoms. The third kappa shape index (κ3) is 3.47. The fourth-order valence-electron chi connectivity index (χ4n) is 1.62. The molecule has 9 heteroatoms. The zero-order valence-corrected chi connectivity index (χ0v) is 12.4. The molecule has 7 nitrogen and oxygen atoms in total. The Bertz CT molecular complexity index is 717. The number of amides is 1. The Labute approximate surface area is 128 Å². The molecular formula is C12H10ClN3O4S. The zero-order chi connectivity index (χ0) is 15.6. The first kappa shape index (κ1) is 15.2. The number of carbonyl (C=O) groups excluding carboxylic acids is 1. The van der Waals surface area contributed by atoms with Crippen LogP contribution in [0.2, 0.25) is 5.02 Å². The highest BCUT2D eigenvalue weighted by molar-refractivity contribution is 7.11. The van der Waals surface area contributed by atoms with Gasteiger partial charge in [-0.1, -0.05) is 17.7 Å². The van der Waals surface area contributed by atoms with Crippen LogP contribution in [0.3, 0.4) is 0 Å². The predicted octanol–water partition coefficient (Wildman–Crippen LogP) is 2.90. The number of anilines is 1. The van der Waals surface area contributed by atoms with Crippen molar-refractivity contribution in [2.75, 3.05) is 5.32 Å². The highest BCUT2D eigenvalue weighted by Crippen LogP contribution is 2.30. The van der Waals surface area contributed by atoms with E-state index >= 15 is 0 Å². The summed E-state index contributed by atoms with van der Waals surface area (Å²) in [5, 5.41) is 23.5. The quantitative estimate of drug-likeness (QED) is 0.663. The minimum atomic E-state index is -0.708. The third-order valence-electron chi connectivity index (χ3n) is 2.65. The lowest BCUT2D eigenvalue weighted by Gasteiger charge is -2.04. The van der Waals surface area contributed by atoms with Crippen LogP contribution in [0, 0.1) is 17.0 Å². The molecule has 1 heterocycles. The number of nitrogens with one attached hydrogen (secondary N) is 1. The highest BCUT2D eigenvalue weighted by Gasteiger charge is 2.16. The minimum Gasteiger partial charge on any atom is -0.502 e. The van der Waals surface area contributed by atoms with Crippen molar-refractivity contribution in [1.29, 1.82) is 0 Å². The number of halogens is 1. The molecule has 0 aliphatic rings. The predicted molar refractivity (Wildman–Crippen MR) is 79.0 cm³/mol. The molecule has 0 saturated heterocycles. The Balaban J connectivity index is 2.11. The number of hydrogen-bond acceptors (Lipinski definition) is 6. The van der Waals surface area contributed by atoms with Gasteiger partial charge < -0.3 is 10.4 Å². The van der Waals surface area contributed by atoms with Crippen LogP contribution in [-0.4, -0.2) is 20.3 Å². The molecule has 0 aliphatic heterocycles. The van der Waals surface area contributed by atoms with E-state index in [9.17, 15) is 20.0 Å². The van der Waals surface area contributed by atoms with Crippen molar-refractivity contribution < 1.29 is 14.8 Å². The van der Waals surface area contributed by atoms with Crippen LogP contribution in [0.5, 0.6) is 5.75 Å². The lowest BCUT2D eigenvalue weighted by Crippen LogP contribution is -2.13. The Morgan fingerprint density at radius 2 is 2.29 bits per heavy atom. The molecule has 1 aromatic carbocycles. The second kappa shape index (κ2) is 6.06. The second-order valence-corrected chi connectivity index (χ2v) is 5.37. The van der Waals surface area contributed by atoms with Gasteiger partial charge in [-0.25, -0.2) is 0 Å². The number of nitro benzene ring substituents is 1. The molecule has 2 N–H and O–H groups in total. The van der Waals surface area contributed by atoms with E-state index in [2.05, 4.69) is 9.69 Å². The first-order valence-corrected chi connectivity index (χ1v) is 6.91. The number of carbonyl (C=O) groups is 1. The lowest BCUT2D eigenvalue weighted by molar-refractivity contribution is -0.385. The van der Waals surface area contributed by atoms with Gasteiger partial charge >= 0.3 is 5.69 Å². The molecular weight excluding hydrogens is 318 g/mol. The van der Waals surface area contributed by atoms with Crippen molar-refractivity contribution in [2.24, 2.45) is 0 Å². The average Bonchev–Trinajstić information content (AvgIpc) is 2.72. The van der Waals surface area contributed by atoms with E-state index in [1.54, 1.807) is 6.92 Å². The van der Waals surface area contributed by atoms with Crippen molar-refractivity contribution in [3.8, 4) is 5.75 Å². The Morgan fingerprint density at radius 3 is 2.86 bits per heavy atom. The van der Waals surface area contributed by atoms with Gasteiger partial charge in [0.05, 0.1) is 22.1 Å². The SMILES string of the molecule is Cc1nsc(NC(=O)Cc2ccc(O)c([N+](=O)[O-])c2)c1Cl. The molecule has 2 aromatic rings. The fraction of sp³-hybridized carbons (Fsp3) is 0.167. The number of phenols is 1. The van der Waals surface area contributed by atoms with Gasteiger partial charge in [0, 0.05) is 6.07 Å². The molecule has 0 aliphatic carbocycles. The third-order valence-corrected chi connectivity index (χ3v) is 4.07. The van der Waals surface area contributed by atoms with Gasteiger partial charge in [0.1, 0.15) is 5.00 Å². The zero-order valence-electron chi connectivity index (χ0n) is 10.8. The smallest absolute Gasteiger partial charge is 0.310 e. The van der Waals surface area contributed by atoms with Crippen LogP contribution in [0.25, 0.3) is 0 Å². The molecule has 2 rings (SSSR count). The van der Waals surface area contributed by atoms with Gasteiger partial charge in [0.15, 0.2) is 5.75 Å². The molecule has 0 fully saturated rings. The first-order valence-electron chi connectivity index (χ1n) is 5.76. The van der Waals surface area contributed by atoms with Crippen LogP contribution >= 0.6 is 23.1 Å². The lowest BCUT2D eigenvalue weighted by atomic mass is 10.1. The van der Waals surface area contributed by atoms with Crippen LogP contribution in [0.15, 0.2) is 18.2 Å². The molecule has 0 atom stereocenters. The van der Waals surface area contributed by atoms with Gasteiger partial charge in [-0.15, -0.1) is 0 Å². The summed E-state index contributed by atoms with van der Waals surface area (Å²) in [6, 6.07) is 3.79. The van der Waals surface area contributed by atoms with E-state index in [1.165, 1.54) is 12.1 Å². The maximum absolute atomic E-state index is 11.9. The molecule has 0 unspecified atom stereocenters. The van der Waals surface area contributed by atoms with Crippen LogP contribution < -0.4 is 5.32 Å². The molecule has 21 heavy (non-hydrogen) atoms. The highest BCUT2D eigenvalue weighted by atomic mass is 35.5. The molecule has 0 spiro atoms. The maximum atomic E-state index is 11.9. The normalized spacial score (nSPS) is 10.4. The van der Waals surface area contributed by atoms with Gasteiger partial charge in [-0.2, -0.15) is 4.37 Å². The number of rotatable bonds is 4. The molecule has 0 saturated carbocycles. The maximum Gasteiger partial charge on any atom is 0.310 e. The average molecular weight is 328 g/mol. The second-order valence-electron chi connectivity index (χ2n) is 4.22. The largest absolute Gasteiger partial charge is 0.502 e. The van der Waals surface area contributed by atoms with Gasteiger partial charge in [-0.3, -0.25) is 14.9 Å². The van der Waals surface area contributed by atoms with E-state index in [0.29, 0.717) is 21.3 Å². The summed E-state index contributed by atoms with van der Waals surface area (Å²) in [7, 11) is 0. The fourth-order valence-corrected chi connectivity index (χ4v) is 2.57. The van der Waals surface area contributed by atoms with Crippen molar-refractivity contribution in [1.82, 2.24) is 4.37 Å². The summed E-state index contributed by atoms with van der Waals surface area (Å²) < 4.78 is 4.00. The van der Waals surface area contributed by atoms with Gasteiger partial charge in [0.2, 0.25) is 5.91 Å². The Hall–Kier alpha value is -2.19. The number of hydrogen-bond donors (Lipinski definition) is 2. The van der Waals surface area contributed by atoms with Crippen LogP contribution in [0.4, 0.5) is 10.7 Å². The van der Waals surface area contributed by atoms with Gasteiger partial charge in [-0.05, 0) is 30.1 Å². The number of aromatic nitrogens is 1. The number of nitro groups is 1. The number of aromatic hydroxyl groups is 1. The minimum absolute atomic E-state index is 0.0750. The number of aryl methyl sites for hydroxylation is 1. The summed E-state index contributed by atoms with van der Waals surface area (Å²) in [5.41, 5.74) is 0.596. The molecule has 1 aromatic heterocycles. The summed E-state index contributed by atoms with van der Waals surface area (Å²) in [5.74, 6) is -0.814. The van der Waals surface area contributed by atoms with E-state index in [0.717, 1.165) is 17.6 Å². The summed E-state index contributed by atoms with van der Waals surface area (Å²) in [6.07, 6.45) is -0.0750. The van der Waals surface area contributed by atoms with E-state index < -0.39 is 16.4 Å². The van der Waals surface area contributed by atoms with Crippen LogP contribution in [-0.2, 0) is 11.2 Å². The van der Waals surface area contributed by atoms with Crippen molar-refractivity contribution in [3.05, 3.63) is 44.6 Å². The first-order chi connectivity index (χ1) is 9.88. The molecule has 1 amide bonds. The number of phenolic OH excluding ortho intramolecular Hbond substituents is 1. The Morgan fingerprint density at radius 1 is 1.57 bits per heavy atom. The summed E-state index contributed by atoms with van der Waals surface area (Å²) >= 11 is 7.02. The number of benzene rings is 1.